The van der Waals surface area contributed by atoms with Crippen molar-refractivity contribution in [2.45, 2.75) is 26.4 Å². The second-order valence-electron chi connectivity index (χ2n) is 4.44. The van der Waals surface area contributed by atoms with Crippen LogP contribution in [-0.2, 0) is 6.54 Å². The van der Waals surface area contributed by atoms with Crippen molar-refractivity contribution < 1.29 is 0 Å². The van der Waals surface area contributed by atoms with Gasteiger partial charge in [-0.15, -0.1) is 0 Å². The SMILES string of the molecule is CCNCc1cccc(Cl)c1N(C)C(C)CSC. The molecular formula is C14H23ClN2S. The minimum atomic E-state index is 0.472. The normalized spacial score (nSPS) is 12.5. The summed E-state index contributed by atoms with van der Waals surface area (Å²) in [6, 6.07) is 6.60. The third kappa shape index (κ3) is 4.08. The summed E-state index contributed by atoms with van der Waals surface area (Å²) in [7, 11) is 2.12. The molecule has 1 rings (SSSR count). The number of nitrogens with one attached hydrogen (secondary N) is 1. The summed E-state index contributed by atoms with van der Waals surface area (Å²) in [5.41, 5.74) is 2.42. The molecule has 0 aliphatic carbocycles. The molecule has 0 heterocycles. The Balaban J connectivity index is 2.97. The first-order valence-electron chi connectivity index (χ1n) is 6.31. The van der Waals surface area contributed by atoms with E-state index in [1.807, 2.05) is 23.9 Å². The lowest BCUT2D eigenvalue weighted by atomic mass is 10.1. The third-order valence-corrected chi connectivity index (χ3v) is 4.18. The van der Waals surface area contributed by atoms with Gasteiger partial charge in [-0.1, -0.05) is 30.7 Å². The Morgan fingerprint density at radius 2 is 2.17 bits per heavy atom. The van der Waals surface area contributed by atoms with Crippen molar-refractivity contribution in [2.24, 2.45) is 0 Å². The second kappa shape index (κ2) is 7.93. The molecule has 1 N–H and O–H groups in total. The summed E-state index contributed by atoms with van der Waals surface area (Å²) < 4.78 is 0. The first-order chi connectivity index (χ1) is 8.61. The van der Waals surface area contributed by atoms with E-state index >= 15 is 0 Å². The van der Waals surface area contributed by atoms with Crippen LogP contribution in [0.2, 0.25) is 5.02 Å². The molecular weight excluding hydrogens is 264 g/mol. The summed E-state index contributed by atoms with van der Waals surface area (Å²) >= 11 is 8.23. The number of benzene rings is 1. The number of hydrogen-bond donors (Lipinski definition) is 1. The molecule has 0 aromatic heterocycles. The molecule has 0 aliphatic rings. The Labute approximate surface area is 120 Å². The first kappa shape index (κ1) is 15.7. The smallest absolute Gasteiger partial charge is 0.0642 e. The van der Waals surface area contributed by atoms with Gasteiger partial charge in [-0.2, -0.15) is 11.8 Å². The average Bonchev–Trinajstić information content (AvgIpc) is 2.36. The van der Waals surface area contributed by atoms with Gasteiger partial charge in [0, 0.05) is 25.4 Å². The van der Waals surface area contributed by atoms with Crippen LogP contribution in [0.3, 0.4) is 0 Å². The van der Waals surface area contributed by atoms with Gasteiger partial charge >= 0.3 is 0 Å². The van der Waals surface area contributed by atoms with E-state index in [4.69, 9.17) is 11.6 Å². The van der Waals surface area contributed by atoms with Crippen LogP contribution in [0.25, 0.3) is 0 Å². The van der Waals surface area contributed by atoms with Crippen molar-refractivity contribution in [2.75, 3.05) is 30.5 Å². The predicted octanol–water partition coefficient (Wildman–Crippen LogP) is 3.64. The average molecular weight is 287 g/mol. The molecule has 0 saturated heterocycles. The quantitative estimate of drug-likeness (QED) is 0.824. The molecule has 0 bridgehead atoms. The van der Waals surface area contributed by atoms with E-state index in [9.17, 15) is 0 Å². The number of para-hydroxylation sites is 1. The van der Waals surface area contributed by atoms with Crippen molar-refractivity contribution in [1.82, 2.24) is 5.32 Å². The van der Waals surface area contributed by atoms with Gasteiger partial charge in [0.1, 0.15) is 0 Å². The highest BCUT2D eigenvalue weighted by Crippen LogP contribution is 2.30. The molecule has 18 heavy (non-hydrogen) atoms. The Bertz CT molecular complexity index is 371. The summed E-state index contributed by atoms with van der Waals surface area (Å²) in [5.74, 6) is 1.10. The van der Waals surface area contributed by atoms with Crippen molar-refractivity contribution in [1.29, 1.82) is 0 Å². The summed E-state index contributed by atoms with van der Waals surface area (Å²) in [5, 5.41) is 4.20. The van der Waals surface area contributed by atoms with Crippen LogP contribution in [0.4, 0.5) is 5.69 Å². The highest BCUT2D eigenvalue weighted by atomic mass is 35.5. The lowest BCUT2D eigenvalue weighted by Crippen LogP contribution is -2.32. The van der Waals surface area contributed by atoms with Gasteiger partial charge in [-0.05, 0) is 31.4 Å². The number of hydrogen-bond acceptors (Lipinski definition) is 3. The van der Waals surface area contributed by atoms with Crippen molar-refractivity contribution in [3.05, 3.63) is 28.8 Å². The van der Waals surface area contributed by atoms with Crippen LogP contribution in [0.1, 0.15) is 19.4 Å². The molecule has 0 amide bonds. The Morgan fingerprint density at radius 1 is 1.44 bits per heavy atom. The van der Waals surface area contributed by atoms with E-state index in [-0.39, 0.29) is 0 Å². The van der Waals surface area contributed by atoms with Crippen molar-refractivity contribution in [3.8, 4) is 0 Å². The van der Waals surface area contributed by atoms with Crippen LogP contribution < -0.4 is 10.2 Å². The highest BCUT2D eigenvalue weighted by Gasteiger charge is 2.16. The number of halogens is 1. The third-order valence-electron chi connectivity index (χ3n) is 3.06. The molecule has 1 aromatic rings. The summed E-state index contributed by atoms with van der Waals surface area (Å²) in [6.45, 7) is 6.18. The second-order valence-corrected chi connectivity index (χ2v) is 5.76. The molecule has 0 radical (unpaired) electrons. The molecule has 102 valence electrons. The van der Waals surface area contributed by atoms with Gasteiger partial charge in [-0.25, -0.2) is 0 Å². The standard InChI is InChI=1S/C14H23ClN2S/c1-5-16-9-12-7-6-8-13(15)14(12)17(3)11(2)10-18-4/h6-8,11,16H,5,9-10H2,1-4H3. The van der Waals surface area contributed by atoms with Gasteiger partial charge in [0.25, 0.3) is 0 Å². The first-order valence-corrected chi connectivity index (χ1v) is 8.08. The molecule has 2 nitrogen and oxygen atoms in total. The molecule has 1 aromatic carbocycles. The van der Waals surface area contributed by atoms with E-state index in [0.717, 1.165) is 29.6 Å². The van der Waals surface area contributed by atoms with E-state index in [0.29, 0.717) is 6.04 Å². The van der Waals surface area contributed by atoms with Gasteiger partial charge in [0.15, 0.2) is 0 Å². The van der Waals surface area contributed by atoms with Gasteiger partial charge in [-0.3, -0.25) is 0 Å². The zero-order valence-electron chi connectivity index (χ0n) is 11.7. The van der Waals surface area contributed by atoms with Gasteiger partial charge < -0.3 is 10.2 Å². The Hall–Kier alpha value is -0.380. The highest BCUT2D eigenvalue weighted by molar-refractivity contribution is 7.98. The number of anilines is 1. The molecule has 1 unspecified atom stereocenters. The lowest BCUT2D eigenvalue weighted by Gasteiger charge is -2.29. The fraction of sp³-hybridized carbons (Fsp3) is 0.571. The Kier molecular flexibility index (Phi) is 6.90. The Morgan fingerprint density at radius 3 is 2.78 bits per heavy atom. The van der Waals surface area contributed by atoms with Crippen LogP contribution in [0, 0.1) is 0 Å². The van der Waals surface area contributed by atoms with E-state index < -0.39 is 0 Å². The largest absolute Gasteiger partial charge is 0.370 e. The monoisotopic (exact) mass is 286 g/mol. The molecule has 0 aliphatic heterocycles. The minimum absolute atomic E-state index is 0.472. The van der Waals surface area contributed by atoms with E-state index in [2.05, 4.69) is 43.4 Å². The van der Waals surface area contributed by atoms with E-state index in [1.54, 1.807) is 0 Å². The van der Waals surface area contributed by atoms with Crippen molar-refractivity contribution in [3.63, 3.8) is 0 Å². The maximum absolute atomic E-state index is 6.37. The van der Waals surface area contributed by atoms with Crippen LogP contribution in [-0.4, -0.2) is 31.6 Å². The van der Waals surface area contributed by atoms with Crippen molar-refractivity contribution >= 4 is 29.1 Å². The number of rotatable bonds is 7. The zero-order chi connectivity index (χ0) is 13.5. The molecule has 0 fully saturated rings. The van der Waals surface area contributed by atoms with Crippen LogP contribution in [0.15, 0.2) is 18.2 Å². The fourth-order valence-corrected chi connectivity index (χ4v) is 2.96. The molecule has 0 spiro atoms. The molecule has 0 saturated carbocycles. The molecule has 4 heteroatoms. The maximum Gasteiger partial charge on any atom is 0.0642 e. The predicted molar refractivity (Wildman–Crippen MR) is 85.1 cm³/mol. The summed E-state index contributed by atoms with van der Waals surface area (Å²) in [6.07, 6.45) is 2.14. The molecule has 1 atom stereocenters. The van der Waals surface area contributed by atoms with Gasteiger partial charge in [0.05, 0.1) is 10.7 Å². The topological polar surface area (TPSA) is 15.3 Å². The van der Waals surface area contributed by atoms with Crippen LogP contribution >= 0.6 is 23.4 Å². The lowest BCUT2D eigenvalue weighted by molar-refractivity contribution is 0.712. The summed E-state index contributed by atoms with van der Waals surface area (Å²) in [4.78, 5) is 2.28. The van der Waals surface area contributed by atoms with E-state index in [1.165, 1.54) is 5.56 Å². The maximum atomic E-state index is 6.37. The number of thioether (sulfide) groups is 1. The fourth-order valence-electron chi connectivity index (χ4n) is 1.93. The minimum Gasteiger partial charge on any atom is -0.370 e. The van der Waals surface area contributed by atoms with Gasteiger partial charge in [0.2, 0.25) is 0 Å². The van der Waals surface area contributed by atoms with Crippen LogP contribution in [0.5, 0.6) is 0 Å². The zero-order valence-corrected chi connectivity index (χ0v) is 13.2. The number of nitrogens with zero attached hydrogens (tertiary/aromatic N) is 1.